The summed E-state index contributed by atoms with van der Waals surface area (Å²) in [6.07, 6.45) is 5.42. The molecule has 0 saturated carbocycles. The molecule has 0 aliphatic carbocycles. The Balaban J connectivity index is 0.00000192. The number of carbonyl (C=O) groups excluding carboxylic acids is 1. The summed E-state index contributed by atoms with van der Waals surface area (Å²) in [5.41, 5.74) is 2.01. The summed E-state index contributed by atoms with van der Waals surface area (Å²) in [6.45, 7) is 1.82. The second-order valence-corrected chi connectivity index (χ2v) is 4.95. The summed E-state index contributed by atoms with van der Waals surface area (Å²) in [6, 6.07) is 4.01. The SMILES string of the molecule is Cc1nn(C)c(-n2ccc3cc(F)c(F)cc32)c1/C=C/C=O.[KH]. The summed E-state index contributed by atoms with van der Waals surface area (Å²) in [5, 5.41) is 4.91. The Morgan fingerprint density at radius 1 is 1.22 bits per heavy atom. The van der Waals surface area contributed by atoms with Crippen molar-refractivity contribution in [3.8, 4) is 5.82 Å². The number of halogens is 2. The van der Waals surface area contributed by atoms with Crippen molar-refractivity contribution in [2.45, 2.75) is 6.92 Å². The van der Waals surface area contributed by atoms with Gasteiger partial charge in [-0.2, -0.15) is 5.10 Å². The average Bonchev–Trinajstić information content (AvgIpc) is 2.98. The van der Waals surface area contributed by atoms with Gasteiger partial charge in [0.1, 0.15) is 12.1 Å². The van der Waals surface area contributed by atoms with Gasteiger partial charge in [-0.05, 0) is 31.2 Å². The van der Waals surface area contributed by atoms with E-state index in [0.29, 0.717) is 23.0 Å². The zero-order valence-electron chi connectivity index (χ0n) is 12.0. The molecule has 2 aromatic heterocycles. The van der Waals surface area contributed by atoms with E-state index >= 15 is 0 Å². The molecule has 3 aromatic rings. The van der Waals surface area contributed by atoms with Crippen molar-refractivity contribution >= 4 is 74.6 Å². The summed E-state index contributed by atoms with van der Waals surface area (Å²) < 4.78 is 30.3. The van der Waals surface area contributed by atoms with Gasteiger partial charge in [0.25, 0.3) is 0 Å². The molecular formula is C16H14F2KN3O. The van der Waals surface area contributed by atoms with Crippen LogP contribution in [0.4, 0.5) is 8.78 Å². The van der Waals surface area contributed by atoms with Crippen LogP contribution >= 0.6 is 0 Å². The number of fused-ring (bicyclic) bond motifs is 1. The van der Waals surface area contributed by atoms with Gasteiger partial charge in [-0.15, -0.1) is 0 Å². The van der Waals surface area contributed by atoms with Gasteiger partial charge in [-0.1, -0.05) is 0 Å². The number of benzene rings is 1. The van der Waals surface area contributed by atoms with E-state index in [1.54, 1.807) is 34.6 Å². The van der Waals surface area contributed by atoms with Gasteiger partial charge in [-0.25, -0.2) is 8.78 Å². The molecule has 0 unspecified atom stereocenters. The molecule has 114 valence electrons. The zero-order chi connectivity index (χ0) is 15.9. The third kappa shape index (κ3) is 3.25. The fourth-order valence-electron chi connectivity index (χ4n) is 2.59. The molecule has 23 heavy (non-hydrogen) atoms. The van der Waals surface area contributed by atoms with Crippen molar-refractivity contribution in [3.05, 3.63) is 53.4 Å². The number of carbonyl (C=O) groups is 1. The molecule has 0 atom stereocenters. The molecule has 3 rings (SSSR count). The van der Waals surface area contributed by atoms with Crippen molar-refractivity contribution in [1.29, 1.82) is 0 Å². The monoisotopic (exact) mass is 341 g/mol. The van der Waals surface area contributed by atoms with Gasteiger partial charge in [0.15, 0.2) is 11.6 Å². The number of aromatic nitrogens is 3. The van der Waals surface area contributed by atoms with E-state index in [2.05, 4.69) is 5.10 Å². The Hall–Kier alpha value is -1.12. The fourth-order valence-corrected chi connectivity index (χ4v) is 2.59. The van der Waals surface area contributed by atoms with E-state index in [4.69, 9.17) is 0 Å². The van der Waals surface area contributed by atoms with Gasteiger partial charge in [0, 0.05) is 30.3 Å². The van der Waals surface area contributed by atoms with Crippen LogP contribution < -0.4 is 0 Å². The molecule has 0 fully saturated rings. The second-order valence-electron chi connectivity index (χ2n) is 4.95. The molecule has 0 aliphatic rings. The number of nitrogens with zero attached hydrogens (tertiary/aromatic N) is 3. The Morgan fingerprint density at radius 2 is 1.91 bits per heavy atom. The third-order valence-electron chi connectivity index (χ3n) is 3.54. The molecule has 0 N–H and O–H groups in total. The average molecular weight is 341 g/mol. The first-order valence-corrected chi connectivity index (χ1v) is 6.65. The Labute approximate surface area is 174 Å². The van der Waals surface area contributed by atoms with Crippen LogP contribution in [0.5, 0.6) is 0 Å². The number of rotatable bonds is 3. The first kappa shape index (κ1) is 18.2. The number of hydrogen-bond acceptors (Lipinski definition) is 2. The number of aldehydes is 1. The van der Waals surface area contributed by atoms with Crippen LogP contribution in [0.1, 0.15) is 11.3 Å². The minimum absolute atomic E-state index is 0. The van der Waals surface area contributed by atoms with Crippen molar-refractivity contribution in [3.63, 3.8) is 0 Å². The Morgan fingerprint density at radius 3 is 2.61 bits per heavy atom. The number of hydrogen-bond donors (Lipinski definition) is 0. The van der Waals surface area contributed by atoms with Gasteiger partial charge in [0.05, 0.1) is 11.2 Å². The zero-order valence-corrected chi connectivity index (χ0v) is 12.0. The number of aryl methyl sites for hydroxylation is 2. The molecule has 1 aromatic carbocycles. The molecular weight excluding hydrogens is 327 g/mol. The van der Waals surface area contributed by atoms with Crippen LogP contribution in [0.2, 0.25) is 0 Å². The van der Waals surface area contributed by atoms with Gasteiger partial charge < -0.3 is 4.57 Å². The van der Waals surface area contributed by atoms with Gasteiger partial charge in [0.2, 0.25) is 0 Å². The summed E-state index contributed by atoms with van der Waals surface area (Å²) in [7, 11) is 1.76. The van der Waals surface area contributed by atoms with Crippen LogP contribution in [0, 0.1) is 18.6 Å². The summed E-state index contributed by atoms with van der Waals surface area (Å²) in [5.74, 6) is -1.11. The predicted molar refractivity (Wildman–Crippen MR) is 86.9 cm³/mol. The molecule has 0 aliphatic heterocycles. The molecule has 4 nitrogen and oxygen atoms in total. The summed E-state index contributed by atoms with van der Waals surface area (Å²) in [4.78, 5) is 10.6. The van der Waals surface area contributed by atoms with Gasteiger partial charge in [-0.3, -0.25) is 9.48 Å². The van der Waals surface area contributed by atoms with E-state index < -0.39 is 11.6 Å². The van der Waals surface area contributed by atoms with E-state index in [0.717, 1.165) is 23.4 Å². The molecule has 0 bridgehead atoms. The van der Waals surface area contributed by atoms with Crippen LogP contribution in [-0.4, -0.2) is 72.0 Å². The fraction of sp³-hybridized carbons (Fsp3) is 0.125. The molecule has 0 radical (unpaired) electrons. The van der Waals surface area contributed by atoms with Crippen molar-refractivity contribution in [2.75, 3.05) is 0 Å². The standard InChI is InChI=1S/C16H13F2N3O.K.H/c1-10-12(4-3-7-22)16(20(2)19-10)21-6-5-11-8-13(17)14(18)9-15(11)21;;/h3-9H,1-2H3;;/b4-3+;;. The normalized spacial score (nSPS) is 11.1. The van der Waals surface area contributed by atoms with Crippen LogP contribution in [-0.2, 0) is 11.8 Å². The van der Waals surface area contributed by atoms with Crippen LogP contribution in [0.3, 0.4) is 0 Å². The minimum atomic E-state index is -0.906. The topological polar surface area (TPSA) is 39.8 Å². The molecule has 2 heterocycles. The molecule has 0 amide bonds. The van der Waals surface area contributed by atoms with Crippen molar-refractivity contribution in [2.24, 2.45) is 7.05 Å². The molecule has 7 heteroatoms. The first-order chi connectivity index (χ1) is 10.5. The van der Waals surface area contributed by atoms with E-state index in [9.17, 15) is 13.6 Å². The summed E-state index contributed by atoms with van der Waals surface area (Å²) >= 11 is 0. The van der Waals surface area contributed by atoms with E-state index in [1.165, 1.54) is 6.08 Å². The maximum absolute atomic E-state index is 13.6. The Kier molecular flexibility index (Phi) is 5.69. The van der Waals surface area contributed by atoms with Crippen molar-refractivity contribution in [1.82, 2.24) is 14.3 Å². The quantitative estimate of drug-likeness (QED) is 0.417. The molecule has 0 spiro atoms. The predicted octanol–water partition coefficient (Wildman–Crippen LogP) is 2.51. The maximum atomic E-state index is 13.6. The Bertz CT molecular complexity index is 912. The first-order valence-electron chi connectivity index (χ1n) is 6.65. The third-order valence-corrected chi connectivity index (χ3v) is 3.54. The van der Waals surface area contributed by atoms with Crippen LogP contribution in [0.25, 0.3) is 22.8 Å². The number of allylic oxidation sites excluding steroid dienone is 1. The van der Waals surface area contributed by atoms with Gasteiger partial charge >= 0.3 is 51.4 Å². The van der Waals surface area contributed by atoms with E-state index in [1.807, 2.05) is 6.92 Å². The molecule has 0 saturated heterocycles. The van der Waals surface area contributed by atoms with Crippen LogP contribution in [0.15, 0.2) is 30.5 Å². The second kappa shape index (κ2) is 7.19. The van der Waals surface area contributed by atoms with E-state index in [-0.39, 0.29) is 51.4 Å². The van der Waals surface area contributed by atoms with Crippen molar-refractivity contribution < 1.29 is 13.6 Å².